The number of nitrogens with zero attached hydrogens (tertiary/aromatic N) is 1. The molecule has 0 fully saturated rings. The van der Waals surface area contributed by atoms with Gasteiger partial charge in [0, 0.05) is 52.9 Å². The molecular formula is C10H19NO3Si. The van der Waals surface area contributed by atoms with Crippen LogP contribution in [0, 0.1) is 12.0 Å². The Labute approximate surface area is 92.9 Å². The van der Waals surface area contributed by atoms with Crippen molar-refractivity contribution in [3.63, 3.8) is 0 Å². The van der Waals surface area contributed by atoms with Crippen molar-refractivity contribution < 1.29 is 13.3 Å². The van der Waals surface area contributed by atoms with Gasteiger partial charge in [-0.05, 0) is 6.42 Å². The molecular weight excluding hydrogens is 210 g/mol. The summed E-state index contributed by atoms with van der Waals surface area (Å²) in [6.45, 7) is 2.00. The molecule has 0 spiro atoms. The topological polar surface area (TPSA) is 30.9 Å². The van der Waals surface area contributed by atoms with Crippen molar-refractivity contribution in [2.45, 2.75) is 18.9 Å². The van der Waals surface area contributed by atoms with Gasteiger partial charge < -0.3 is 18.2 Å². The quantitative estimate of drug-likeness (QED) is 0.480. The maximum atomic E-state index is 5.34. The van der Waals surface area contributed by atoms with E-state index in [1.807, 2.05) is 0 Å². The zero-order valence-electron chi connectivity index (χ0n) is 9.71. The molecule has 0 saturated heterocycles. The van der Waals surface area contributed by atoms with E-state index in [0.717, 1.165) is 32.0 Å². The normalized spacial score (nSPS) is 15.3. The van der Waals surface area contributed by atoms with Gasteiger partial charge in [-0.15, -0.1) is 0 Å². The predicted molar refractivity (Wildman–Crippen MR) is 60.2 cm³/mol. The SMILES string of the molecule is CO[Si](CCCN1C#CCC1)(OC)OC. The standard InChI is InChI=1S/C10H19NO3Si/c1-12-15(13-2,14-3)10-6-9-11-7-4-5-8-11/h4,6-7,9-10H2,1-3H3. The molecule has 0 aliphatic carbocycles. The molecule has 0 radical (unpaired) electrons. The monoisotopic (exact) mass is 229 g/mol. The molecule has 0 bridgehead atoms. The van der Waals surface area contributed by atoms with E-state index < -0.39 is 8.80 Å². The lowest BCUT2D eigenvalue weighted by molar-refractivity contribution is 0.122. The summed E-state index contributed by atoms with van der Waals surface area (Å²) in [5.41, 5.74) is 0. The second-order valence-corrected chi connectivity index (χ2v) is 6.52. The summed E-state index contributed by atoms with van der Waals surface area (Å²) in [5, 5.41) is 0. The second kappa shape index (κ2) is 6.13. The van der Waals surface area contributed by atoms with E-state index >= 15 is 0 Å². The van der Waals surface area contributed by atoms with E-state index in [2.05, 4.69) is 16.9 Å². The van der Waals surface area contributed by atoms with E-state index in [-0.39, 0.29) is 0 Å². The highest BCUT2D eigenvalue weighted by Gasteiger charge is 2.36. The van der Waals surface area contributed by atoms with Crippen LogP contribution in [0.3, 0.4) is 0 Å². The van der Waals surface area contributed by atoms with E-state index in [1.165, 1.54) is 0 Å². The molecule has 4 nitrogen and oxygen atoms in total. The van der Waals surface area contributed by atoms with Crippen LogP contribution in [0.4, 0.5) is 0 Å². The van der Waals surface area contributed by atoms with Crippen molar-refractivity contribution in [1.82, 2.24) is 4.90 Å². The van der Waals surface area contributed by atoms with Gasteiger partial charge in [-0.25, -0.2) is 0 Å². The highest BCUT2D eigenvalue weighted by Crippen LogP contribution is 2.15. The smallest absolute Gasteiger partial charge is 0.377 e. The fraction of sp³-hybridized carbons (Fsp3) is 0.800. The van der Waals surface area contributed by atoms with Gasteiger partial charge in [-0.1, -0.05) is 5.92 Å². The molecule has 0 aromatic heterocycles. The maximum Gasteiger partial charge on any atom is 0.500 e. The lowest BCUT2D eigenvalue weighted by atomic mass is 10.4. The van der Waals surface area contributed by atoms with Gasteiger partial charge in [0.1, 0.15) is 0 Å². The zero-order valence-corrected chi connectivity index (χ0v) is 10.7. The zero-order chi connectivity index (χ0) is 11.1. The van der Waals surface area contributed by atoms with E-state index in [0.29, 0.717) is 0 Å². The number of hydrogen-bond donors (Lipinski definition) is 0. The van der Waals surface area contributed by atoms with Crippen molar-refractivity contribution in [2.75, 3.05) is 34.4 Å². The first-order valence-corrected chi connectivity index (χ1v) is 7.08. The van der Waals surface area contributed by atoms with Gasteiger partial charge in [-0.2, -0.15) is 0 Å². The summed E-state index contributed by atoms with van der Waals surface area (Å²) >= 11 is 0. The third kappa shape index (κ3) is 3.50. The Kier molecular flexibility index (Phi) is 5.12. The number of hydrogen-bond acceptors (Lipinski definition) is 4. The Balaban J connectivity index is 2.25. The molecule has 1 rings (SSSR count). The average molecular weight is 229 g/mol. The van der Waals surface area contributed by atoms with Crippen LogP contribution in [-0.4, -0.2) is 48.1 Å². The Hall–Kier alpha value is -0.543. The van der Waals surface area contributed by atoms with E-state index in [9.17, 15) is 0 Å². The molecule has 5 heteroatoms. The largest absolute Gasteiger partial charge is 0.500 e. The summed E-state index contributed by atoms with van der Waals surface area (Å²) in [6, 6.07) is 3.92. The lowest BCUT2D eigenvalue weighted by Crippen LogP contribution is -2.43. The maximum absolute atomic E-state index is 5.34. The van der Waals surface area contributed by atoms with Crippen molar-refractivity contribution in [3.8, 4) is 12.0 Å². The molecule has 0 atom stereocenters. The second-order valence-electron chi connectivity index (χ2n) is 3.42. The summed E-state index contributed by atoms with van der Waals surface area (Å²) in [6.07, 6.45) is 1.98. The van der Waals surface area contributed by atoms with Crippen LogP contribution in [-0.2, 0) is 13.3 Å². The van der Waals surface area contributed by atoms with Crippen molar-refractivity contribution in [1.29, 1.82) is 0 Å². The highest BCUT2D eigenvalue weighted by atomic mass is 28.4. The van der Waals surface area contributed by atoms with Crippen LogP contribution < -0.4 is 0 Å². The molecule has 1 aliphatic rings. The molecule has 0 unspecified atom stereocenters. The minimum Gasteiger partial charge on any atom is -0.377 e. The summed E-state index contributed by atoms with van der Waals surface area (Å²) < 4.78 is 16.0. The fourth-order valence-corrected chi connectivity index (χ4v) is 3.33. The Morgan fingerprint density at radius 2 is 1.87 bits per heavy atom. The van der Waals surface area contributed by atoms with Crippen LogP contribution in [0.25, 0.3) is 0 Å². The Morgan fingerprint density at radius 3 is 2.33 bits per heavy atom. The number of rotatable bonds is 7. The van der Waals surface area contributed by atoms with Gasteiger partial charge in [0.05, 0.1) is 0 Å². The Morgan fingerprint density at radius 1 is 1.20 bits per heavy atom. The molecule has 1 heterocycles. The van der Waals surface area contributed by atoms with Gasteiger partial charge in [0.25, 0.3) is 0 Å². The Bertz CT molecular complexity index is 237. The average Bonchev–Trinajstić information content (AvgIpc) is 2.78. The predicted octanol–water partition coefficient (Wildman–Crippen LogP) is 0.921. The molecule has 0 aromatic rings. The van der Waals surface area contributed by atoms with Gasteiger partial charge in [0.2, 0.25) is 0 Å². The van der Waals surface area contributed by atoms with Crippen molar-refractivity contribution >= 4 is 8.80 Å². The molecule has 0 saturated carbocycles. The lowest BCUT2D eigenvalue weighted by Gasteiger charge is -2.25. The summed E-state index contributed by atoms with van der Waals surface area (Å²) in [7, 11) is 2.58. The molecule has 0 amide bonds. The molecule has 15 heavy (non-hydrogen) atoms. The molecule has 86 valence electrons. The van der Waals surface area contributed by atoms with Crippen LogP contribution in [0.15, 0.2) is 0 Å². The first kappa shape index (κ1) is 12.5. The minimum absolute atomic E-state index is 0.842. The highest BCUT2D eigenvalue weighted by molar-refractivity contribution is 6.60. The van der Waals surface area contributed by atoms with Gasteiger partial charge in [0.15, 0.2) is 0 Å². The summed E-state index contributed by atoms with van der Waals surface area (Å²) in [5.74, 6) is 3.06. The summed E-state index contributed by atoms with van der Waals surface area (Å²) in [4.78, 5) is 2.14. The van der Waals surface area contributed by atoms with Gasteiger partial charge in [-0.3, -0.25) is 0 Å². The fourth-order valence-electron chi connectivity index (χ4n) is 1.62. The molecule has 1 aliphatic heterocycles. The van der Waals surface area contributed by atoms with Crippen molar-refractivity contribution in [2.24, 2.45) is 0 Å². The van der Waals surface area contributed by atoms with Crippen LogP contribution >= 0.6 is 0 Å². The van der Waals surface area contributed by atoms with Crippen LogP contribution in [0.5, 0.6) is 0 Å². The van der Waals surface area contributed by atoms with Crippen molar-refractivity contribution in [3.05, 3.63) is 0 Å². The van der Waals surface area contributed by atoms with Crippen LogP contribution in [0.1, 0.15) is 12.8 Å². The first-order chi connectivity index (χ1) is 7.26. The third-order valence-electron chi connectivity index (χ3n) is 2.59. The van der Waals surface area contributed by atoms with E-state index in [4.69, 9.17) is 13.3 Å². The van der Waals surface area contributed by atoms with E-state index in [1.54, 1.807) is 21.3 Å². The van der Waals surface area contributed by atoms with Gasteiger partial charge >= 0.3 is 8.80 Å². The first-order valence-electron chi connectivity index (χ1n) is 5.15. The molecule has 0 N–H and O–H groups in total. The third-order valence-corrected chi connectivity index (χ3v) is 5.42. The van der Waals surface area contributed by atoms with Crippen LogP contribution in [0.2, 0.25) is 6.04 Å². The minimum atomic E-state index is -2.36. The molecule has 0 aromatic carbocycles.